The fraction of sp³-hybridized carbons (Fsp3) is 0.133. The number of carbonyl (C=O) groups is 2. The second kappa shape index (κ2) is 11.6. The number of amides is 2. The van der Waals surface area contributed by atoms with Gasteiger partial charge in [0.2, 0.25) is 0 Å². The number of nitrogens with one attached hydrogen (secondary N) is 4. The van der Waals surface area contributed by atoms with Crippen LogP contribution in [0.15, 0.2) is 97.1 Å². The molecule has 5 rings (SSSR count). The zero-order valence-corrected chi connectivity index (χ0v) is 20.7. The highest BCUT2D eigenvalue weighted by atomic mass is 19.1. The van der Waals surface area contributed by atoms with Gasteiger partial charge in [0.1, 0.15) is 5.82 Å². The van der Waals surface area contributed by atoms with Gasteiger partial charge in [0.05, 0.1) is 0 Å². The lowest BCUT2D eigenvalue weighted by Crippen LogP contribution is -2.43. The van der Waals surface area contributed by atoms with Crippen LogP contribution in [0.2, 0.25) is 0 Å². The molecule has 1 fully saturated rings. The second-order valence-corrected chi connectivity index (χ2v) is 8.98. The van der Waals surface area contributed by atoms with Crippen molar-refractivity contribution in [2.45, 2.75) is 0 Å². The van der Waals surface area contributed by atoms with Crippen LogP contribution in [0, 0.1) is 5.82 Å². The number of nitrogens with zero attached hydrogens (tertiary/aromatic N) is 1. The molecule has 4 aromatic carbocycles. The Kier molecular flexibility index (Phi) is 7.61. The molecule has 8 heteroatoms. The Morgan fingerprint density at radius 3 is 1.50 bits per heavy atom. The van der Waals surface area contributed by atoms with Crippen LogP contribution in [0.3, 0.4) is 0 Å². The van der Waals surface area contributed by atoms with Crippen molar-refractivity contribution in [1.82, 2.24) is 5.32 Å². The van der Waals surface area contributed by atoms with Gasteiger partial charge in [-0.2, -0.15) is 0 Å². The molecule has 1 aliphatic heterocycles. The summed E-state index contributed by atoms with van der Waals surface area (Å²) >= 11 is 0. The smallest absolute Gasteiger partial charge is 0.255 e. The van der Waals surface area contributed by atoms with Gasteiger partial charge in [0.15, 0.2) is 0 Å². The molecule has 2 amide bonds. The van der Waals surface area contributed by atoms with Crippen LogP contribution < -0.4 is 26.2 Å². The van der Waals surface area contributed by atoms with Crippen molar-refractivity contribution in [3.63, 3.8) is 0 Å². The van der Waals surface area contributed by atoms with Crippen molar-refractivity contribution in [2.75, 3.05) is 47.0 Å². The van der Waals surface area contributed by atoms with Crippen LogP contribution in [-0.4, -0.2) is 38.0 Å². The Hall–Kier alpha value is -4.69. The SMILES string of the molecule is O=C(Nc1ccc(Nc2ccc(NC(=O)c3ccc(N4CCNCC4)cc3)cc2)cc1)c1ccc(F)cc1. The largest absolute Gasteiger partial charge is 0.369 e. The zero-order valence-electron chi connectivity index (χ0n) is 20.7. The summed E-state index contributed by atoms with van der Waals surface area (Å²) in [6.07, 6.45) is 0. The van der Waals surface area contributed by atoms with E-state index in [2.05, 4.69) is 26.2 Å². The molecule has 4 aromatic rings. The standard InChI is InChI=1S/C30H28FN5O2/c31-23-5-1-21(2-6-23)29(37)34-26-11-7-24(8-12-26)33-25-9-13-27(14-10-25)35-30(38)22-3-15-28(16-4-22)36-19-17-32-18-20-36/h1-16,32-33H,17-20H2,(H,34,37)(H,35,38). The molecule has 0 aliphatic carbocycles. The first-order chi connectivity index (χ1) is 18.5. The van der Waals surface area contributed by atoms with Gasteiger partial charge in [-0.25, -0.2) is 4.39 Å². The third-order valence-corrected chi connectivity index (χ3v) is 6.29. The molecule has 0 aromatic heterocycles. The average Bonchev–Trinajstić information content (AvgIpc) is 2.96. The number of piperazine rings is 1. The molecule has 1 heterocycles. The Morgan fingerprint density at radius 2 is 1.03 bits per heavy atom. The normalized spacial score (nSPS) is 13.0. The predicted octanol–water partition coefficient (Wildman–Crippen LogP) is 5.48. The molecule has 1 saturated heterocycles. The van der Waals surface area contributed by atoms with Gasteiger partial charge in [-0.3, -0.25) is 9.59 Å². The van der Waals surface area contributed by atoms with Crippen LogP contribution in [0.5, 0.6) is 0 Å². The summed E-state index contributed by atoms with van der Waals surface area (Å²) < 4.78 is 13.1. The lowest BCUT2D eigenvalue weighted by atomic mass is 10.1. The second-order valence-electron chi connectivity index (χ2n) is 8.98. The molecule has 192 valence electrons. The highest BCUT2D eigenvalue weighted by Crippen LogP contribution is 2.22. The fourth-order valence-corrected chi connectivity index (χ4v) is 4.19. The van der Waals surface area contributed by atoms with Crippen LogP contribution in [-0.2, 0) is 0 Å². The van der Waals surface area contributed by atoms with Gasteiger partial charge in [-0.1, -0.05) is 0 Å². The minimum Gasteiger partial charge on any atom is -0.369 e. The van der Waals surface area contributed by atoms with E-state index in [4.69, 9.17) is 0 Å². The third kappa shape index (κ3) is 6.35. The molecule has 0 bridgehead atoms. The molecule has 4 N–H and O–H groups in total. The summed E-state index contributed by atoms with van der Waals surface area (Å²) in [5.41, 5.74) is 5.14. The van der Waals surface area contributed by atoms with E-state index in [1.165, 1.54) is 24.3 Å². The van der Waals surface area contributed by atoms with E-state index < -0.39 is 0 Å². The van der Waals surface area contributed by atoms with Crippen LogP contribution in [0.25, 0.3) is 0 Å². The maximum atomic E-state index is 13.1. The van der Waals surface area contributed by atoms with Crippen LogP contribution >= 0.6 is 0 Å². The number of halogens is 1. The van der Waals surface area contributed by atoms with E-state index in [1.807, 2.05) is 60.7 Å². The molecule has 0 unspecified atom stereocenters. The Bertz CT molecular complexity index is 1380. The Morgan fingerprint density at radius 1 is 0.605 bits per heavy atom. The molecular weight excluding hydrogens is 481 g/mol. The molecular formula is C30H28FN5O2. The van der Waals surface area contributed by atoms with Crippen molar-refractivity contribution < 1.29 is 14.0 Å². The zero-order chi connectivity index (χ0) is 26.3. The van der Waals surface area contributed by atoms with E-state index >= 15 is 0 Å². The number of hydrogen-bond acceptors (Lipinski definition) is 5. The summed E-state index contributed by atoms with van der Waals surface area (Å²) in [4.78, 5) is 27.3. The van der Waals surface area contributed by atoms with Gasteiger partial charge in [-0.15, -0.1) is 0 Å². The Labute approximate surface area is 220 Å². The number of benzene rings is 4. The predicted molar refractivity (Wildman–Crippen MR) is 150 cm³/mol. The van der Waals surface area contributed by atoms with Crippen molar-refractivity contribution in [3.8, 4) is 0 Å². The van der Waals surface area contributed by atoms with Gasteiger partial charge in [0.25, 0.3) is 11.8 Å². The summed E-state index contributed by atoms with van der Waals surface area (Å²) in [6.45, 7) is 3.86. The highest BCUT2D eigenvalue weighted by Gasteiger charge is 2.12. The molecule has 0 spiro atoms. The van der Waals surface area contributed by atoms with Crippen molar-refractivity contribution in [1.29, 1.82) is 0 Å². The van der Waals surface area contributed by atoms with Gasteiger partial charge < -0.3 is 26.2 Å². The quantitative estimate of drug-likeness (QED) is 0.265. The molecule has 38 heavy (non-hydrogen) atoms. The lowest BCUT2D eigenvalue weighted by Gasteiger charge is -2.29. The van der Waals surface area contributed by atoms with Gasteiger partial charge in [-0.05, 0) is 97.1 Å². The van der Waals surface area contributed by atoms with Crippen LogP contribution in [0.1, 0.15) is 20.7 Å². The lowest BCUT2D eigenvalue weighted by molar-refractivity contribution is 0.101. The number of hydrogen-bond donors (Lipinski definition) is 4. The minimum absolute atomic E-state index is 0.157. The summed E-state index contributed by atoms with van der Waals surface area (Å²) in [5.74, 6) is -0.849. The van der Waals surface area contributed by atoms with Gasteiger partial charge in [0, 0.05) is 65.7 Å². The molecule has 0 radical (unpaired) electrons. The Balaban J connectivity index is 1.13. The fourth-order valence-electron chi connectivity index (χ4n) is 4.19. The van der Waals surface area contributed by atoms with E-state index in [0.717, 1.165) is 43.2 Å². The molecule has 0 saturated carbocycles. The van der Waals surface area contributed by atoms with E-state index in [0.29, 0.717) is 22.5 Å². The number of anilines is 5. The van der Waals surface area contributed by atoms with E-state index in [9.17, 15) is 14.0 Å². The number of rotatable bonds is 7. The van der Waals surface area contributed by atoms with Crippen molar-refractivity contribution in [2.24, 2.45) is 0 Å². The van der Waals surface area contributed by atoms with Crippen LogP contribution in [0.4, 0.5) is 32.8 Å². The maximum absolute atomic E-state index is 13.1. The molecule has 1 aliphatic rings. The van der Waals surface area contributed by atoms with E-state index in [1.54, 1.807) is 12.1 Å². The van der Waals surface area contributed by atoms with E-state index in [-0.39, 0.29) is 17.6 Å². The first-order valence-corrected chi connectivity index (χ1v) is 12.4. The van der Waals surface area contributed by atoms with Crippen molar-refractivity contribution in [3.05, 3.63) is 114 Å². The average molecular weight is 510 g/mol. The molecule has 7 nitrogen and oxygen atoms in total. The maximum Gasteiger partial charge on any atom is 0.255 e. The summed E-state index contributed by atoms with van der Waals surface area (Å²) in [6, 6.07) is 27.8. The van der Waals surface area contributed by atoms with Gasteiger partial charge >= 0.3 is 0 Å². The first kappa shape index (κ1) is 25.0. The summed E-state index contributed by atoms with van der Waals surface area (Å²) in [5, 5.41) is 12.4. The molecule has 0 atom stereocenters. The van der Waals surface area contributed by atoms with Crippen molar-refractivity contribution >= 4 is 40.3 Å². The highest BCUT2D eigenvalue weighted by molar-refractivity contribution is 6.05. The first-order valence-electron chi connectivity index (χ1n) is 12.4. The number of carbonyl (C=O) groups excluding carboxylic acids is 2. The topological polar surface area (TPSA) is 85.5 Å². The minimum atomic E-state index is -0.386. The third-order valence-electron chi connectivity index (χ3n) is 6.29. The monoisotopic (exact) mass is 509 g/mol. The summed E-state index contributed by atoms with van der Waals surface area (Å²) in [7, 11) is 0.